The third-order valence-electron chi connectivity index (χ3n) is 3.14. The van der Waals surface area contributed by atoms with E-state index in [0.29, 0.717) is 18.7 Å². The number of fused-ring (bicyclic) bond motifs is 1. The van der Waals surface area contributed by atoms with Gasteiger partial charge in [-0.2, -0.15) is 0 Å². The molecule has 1 amide bonds. The molecule has 0 bridgehead atoms. The van der Waals surface area contributed by atoms with Gasteiger partial charge in [0.15, 0.2) is 5.82 Å². The lowest BCUT2D eigenvalue weighted by molar-refractivity contribution is 0.238. The second-order valence-electron chi connectivity index (χ2n) is 4.62. The maximum atomic E-state index is 13.5. The highest BCUT2D eigenvalue weighted by atomic mass is 19.1. The third kappa shape index (κ3) is 2.90. The van der Waals surface area contributed by atoms with Crippen LogP contribution < -0.4 is 10.1 Å². The van der Waals surface area contributed by atoms with E-state index < -0.39 is 5.82 Å². The Hall–Kier alpha value is -2.89. The van der Waals surface area contributed by atoms with E-state index in [1.807, 2.05) is 30.3 Å². The van der Waals surface area contributed by atoms with Gasteiger partial charge in [-0.05, 0) is 24.3 Å². The minimum Gasteiger partial charge on any atom is -0.492 e. The Balaban J connectivity index is 1.59. The molecular formula is C16H14FN3O2. The van der Waals surface area contributed by atoms with Gasteiger partial charge in [0, 0.05) is 0 Å². The molecule has 0 fully saturated rings. The Morgan fingerprint density at radius 3 is 2.82 bits per heavy atom. The summed E-state index contributed by atoms with van der Waals surface area (Å²) in [4.78, 5) is 16.0. The van der Waals surface area contributed by atoms with Crippen LogP contribution >= 0.6 is 0 Å². The summed E-state index contributed by atoms with van der Waals surface area (Å²) in [7, 11) is 0. The standard InChI is InChI=1S/C16H14FN3O2/c17-13-7-4-8-14-15(13)19-11-20(14)16(21)18-9-10-22-12-5-2-1-3-6-12/h1-8,11H,9-10H2,(H,18,21). The van der Waals surface area contributed by atoms with E-state index in [1.54, 1.807) is 12.1 Å². The number of aromatic nitrogens is 2. The van der Waals surface area contributed by atoms with Crippen molar-refractivity contribution in [3.8, 4) is 5.75 Å². The van der Waals surface area contributed by atoms with Crippen LogP contribution in [0.3, 0.4) is 0 Å². The normalized spacial score (nSPS) is 10.6. The molecule has 2 aromatic carbocycles. The van der Waals surface area contributed by atoms with Gasteiger partial charge in [0.25, 0.3) is 0 Å². The number of halogens is 1. The fourth-order valence-electron chi connectivity index (χ4n) is 2.09. The second-order valence-corrected chi connectivity index (χ2v) is 4.62. The number of rotatable bonds is 4. The first kappa shape index (κ1) is 14.1. The average Bonchev–Trinajstić information content (AvgIpc) is 2.98. The van der Waals surface area contributed by atoms with Crippen LogP contribution in [0.2, 0.25) is 0 Å². The van der Waals surface area contributed by atoms with Crippen molar-refractivity contribution in [2.24, 2.45) is 0 Å². The molecule has 0 radical (unpaired) electrons. The van der Waals surface area contributed by atoms with Gasteiger partial charge in [-0.3, -0.25) is 4.57 Å². The molecule has 112 valence electrons. The molecule has 1 aromatic heterocycles. The van der Waals surface area contributed by atoms with Crippen molar-refractivity contribution < 1.29 is 13.9 Å². The van der Waals surface area contributed by atoms with Crippen molar-refractivity contribution in [2.75, 3.05) is 13.2 Å². The van der Waals surface area contributed by atoms with Crippen LogP contribution in [0.25, 0.3) is 11.0 Å². The highest BCUT2D eigenvalue weighted by molar-refractivity contribution is 5.89. The van der Waals surface area contributed by atoms with Crippen molar-refractivity contribution in [1.29, 1.82) is 0 Å². The first-order chi connectivity index (χ1) is 10.8. The van der Waals surface area contributed by atoms with E-state index in [9.17, 15) is 9.18 Å². The largest absolute Gasteiger partial charge is 0.492 e. The van der Waals surface area contributed by atoms with Crippen molar-refractivity contribution in [1.82, 2.24) is 14.9 Å². The number of benzene rings is 2. The number of amides is 1. The second kappa shape index (κ2) is 6.26. The van der Waals surface area contributed by atoms with Gasteiger partial charge < -0.3 is 10.1 Å². The Labute approximate surface area is 126 Å². The van der Waals surface area contributed by atoms with Crippen LogP contribution in [0.4, 0.5) is 9.18 Å². The van der Waals surface area contributed by atoms with Gasteiger partial charge in [0.1, 0.15) is 24.2 Å². The fraction of sp³-hybridized carbons (Fsp3) is 0.125. The fourth-order valence-corrected chi connectivity index (χ4v) is 2.09. The molecule has 0 spiro atoms. The molecule has 3 rings (SSSR count). The molecule has 1 heterocycles. The monoisotopic (exact) mass is 299 g/mol. The number of carbonyl (C=O) groups is 1. The molecule has 3 aromatic rings. The molecule has 0 aliphatic rings. The van der Waals surface area contributed by atoms with Gasteiger partial charge in [-0.1, -0.05) is 24.3 Å². The molecule has 6 heteroatoms. The van der Waals surface area contributed by atoms with Crippen molar-refractivity contribution in [3.05, 3.63) is 60.7 Å². The Kier molecular flexibility index (Phi) is 4.00. The Bertz CT molecular complexity index is 786. The molecule has 0 aliphatic heterocycles. The molecule has 0 unspecified atom stereocenters. The highest BCUT2D eigenvalue weighted by Gasteiger charge is 2.11. The number of ether oxygens (including phenoxy) is 1. The van der Waals surface area contributed by atoms with Crippen LogP contribution in [0.1, 0.15) is 0 Å². The van der Waals surface area contributed by atoms with Crippen LogP contribution in [0.15, 0.2) is 54.9 Å². The first-order valence-electron chi connectivity index (χ1n) is 6.83. The number of para-hydroxylation sites is 2. The molecular weight excluding hydrogens is 285 g/mol. The van der Waals surface area contributed by atoms with E-state index >= 15 is 0 Å². The molecule has 0 saturated carbocycles. The SMILES string of the molecule is O=C(NCCOc1ccccc1)n1cnc2c(F)cccc21. The quantitative estimate of drug-likeness (QED) is 0.754. The zero-order valence-corrected chi connectivity index (χ0v) is 11.7. The summed E-state index contributed by atoms with van der Waals surface area (Å²) >= 11 is 0. The first-order valence-corrected chi connectivity index (χ1v) is 6.83. The van der Waals surface area contributed by atoms with Crippen molar-refractivity contribution >= 4 is 17.1 Å². The predicted octanol–water partition coefficient (Wildman–Crippen LogP) is 2.81. The molecule has 0 saturated heterocycles. The summed E-state index contributed by atoms with van der Waals surface area (Å²) in [6.07, 6.45) is 1.31. The maximum absolute atomic E-state index is 13.5. The molecule has 5 nitrogen and oxygen atoms in total. The Morgan fingerprint density at radius 2 is 2.00 bits per heavy atom. The van der Waals surface area contributed by atoms with E-state index in [1.165, 1.54) is 17.0 Å². The van der Waals surface area contributed by atoms with Gasteiger partial charge in [-0.25, -0.2) is 14.2 Å². The van der Waals surface area contributed by atoms with Crippen molar-refractivity contribution in [2.45, 2.75) is 0 Å². The summed E-state index contributed by atoms with van der Waals surface area (Å²) < 4.78 is 20.3. The van der Waals surface area contributed by atoms with Gasteiger partial charge in [-0.15, -0.1) is 0 Å². The lowest BCUT2D eigenvalue weighted by Crippen LogP contribution is -2.31. The van der Waals surface area contributed by atoms with Gasteiger partial charge in [0.05, 0.1) is 12.1 Å². The molecule has 1 N–H and O–H groups in total. The average molecular weight is 299 g/mol. The third-order valence-corrected chi connectivity index (χ3v) is 3.14. The summed E-state index contributed by atoms with van der Waals surface area (Å²) in [6, 6.07) is 13.5. The molecule has 0 atom stereocenters. The van der Waals surface area contributed by atoms with Crippen LogP contribution in [-0.2, 0) is 0 Å². The summed E-state index contributed by atoms with van der Waals surface area (Å²) in [5.41, 5.74) is 0.611. The zero-order chi connectivity index (χ0) is 15.4. The van der Waals surface area contributed by atoms with Gasteiger partial charge >= 0.3 is 6.03 Å². The lowest BCUT2D eigenvalue weighted by atomic mass is 10.3. The predicted molar refractivity (Wildman–Crippen MR) is 80.4 cm³/mol. The lowest BCUT2D eigenvalue weighted by Gasteiger charge is -2.08. The van der Waals surface area contributed by atoms with Crippen molar-refractivity contribution in [3.63, 3.8) is 0 Å². The molecule has 22 heavy (non-hydrogen) atoms. The van der Waals surface area contributed by atoms with Crippen LogP contribution in [-0.4, -0.2) is 28.7 Å². The topological polar surface area (TPSA) is 56.1 Å². The summed E-state index contributed by atoms with van der Waals surface area (Å²) in [6.45, 7) is 0.680. The minimum atomic E-state index is -0.448. The minimum absolute atomic E-state index is 0.179. The number of imidazole rings is 1. The zero-order valence-electron chi connectivity index (χ0n) is 11.7. The van der Waals surface area contributed by atoms with Crippen LogP contribution in [0.5, 0.6) is 5.75 Å². The van der Waals surface area contributed by atoms with E-state index in [0.717, 1.165) is 5.75 Å². The van der Waals surface area contributed by atoms with Gasteiger partial charge in [0.2, 0.25) is 0 Å². The number of nitrogens with one attached hydrogen (secondary N) is 1. The maximum Gasteiger partial charge on any atom is 0.327 e. The summed E-state index contributed by atoms with van der Waals surface area (Å²) in [5, 5.41) is 2.70. The number of hydrogen-bond acceptors (Lipinski definition) is 3. The number of carbonyl (C=O) groups excluding carboxylic acids is 1. The molecule has 0 aliphatic carbocycles. The van der Waals surface area contributed by atoms with E-state index in [2.05, 4.69) is 10.3 Å². The number of nitrogens with zero attached hydrogens (tertiary/aromatic N) is 2. The Morgan fingerprint density at radius 1 is 1.18 bits per heavy atom. The smallest absolute Gasteiger partial charge is 0.327 e. The van der Waals surface area contributed by atoms with Crippen LogP contribution in [0, 0.1) is 5.82 Å². The van der Waals surface area contributed by atoms with E-state index in [4.69, 9.17) is 4.74 Å². The summed E-state index contributed by atoms with van der Waals surface area (Å²) in [5.74, 6) is 0.295. The highest BCUT2D eigenvalue weighted by Crippen LogP contribution is 2.15. The number of hydrogen-bond donors (Lipinski definition) is 1. The van der Waals surface area contributed by atoms with E-state index in [-0.39, 0.29) is 11.5 Å².